The molecule has 5 heteroatoms. The van der Waals surface area contributed by atoms with Crippen LogP contribution in [0.1, 0.15) is 24.0 Å². The molecule has 84 valence electrons. The molecule has 0 unspecified atom stereocenters. The molecule has 1 aromatic carbocycles. The Balaban J connectivity index is 2.38. The third-order valence-corrected chi connectivity index (χ3v) is 4.03. The van der Waals surface area contributed by atoms with Gasteiger partial charge in [0.25, 0.3) is 0 Å². The maximum absolute atomic E-state index is 11.0. The van der Waals surface area contributed by atoms with Crippen molar-refractivity contribution in [2.24, 2.45) is 5.10 Å². The van der Waals surface area contributed by atoms with Gasteiger partial charge in [-0.25, -0.2) is 5.43 Å². The van der Waals surface area contributed by atoms with Gasteiger partial charge in [0.15, 0.2) is 0 Å². The van der Waals surface area contributed by atoms with Crippen molar-refractivity contribution in [3.63, 3.8) is 0 Å². The van der Waals surface area contributed by atoms with Gasteiger partial charge in [0.05, 0.1) is 5.71 Å². The first-order valence-electron chi connectivity index (χ1n) is 4.89. The normalized spacial score (nSPS) is 15.7. The first-order chi connectivity index (χ1) is 7.58. The largest absolute Gasteiger partial charge is 0.273 e. The molecule has 16 heavy (non-hydrogen) atoms. The number of hydrogen-bond acceptors (Lipinski definition) is 2. The minimum atomic E-state index is -0.0309. The van der Waals surface area contributed by atoms with Crippen molar-refractivity contribution in [1.82, 2.24) is 5.43 Å². The van der Waals surface area contributed by atoms with Crippen LogP contribution in [0.2, 0.25) is 5.02 Å². The van der Waals surface area contributed by atoms with E-state index in [9.17, 15) is 4.79 Å². The van der Waals surface area contributed by atoms with E-state index in [2.05, 4.69) is 33.1 Å². The van der Waals surface area contributed by atoms with Crippen molar-refractivity contribution in [2.75, 3.05) is 0 Å². The number of halogens is 2. The number of nitrogens with one attached hydrogen (secondary N) is 1. The summed E-state index contributed by atoms with van der Waals surface area (Å²) in [7, 11) is 0. The van der Waals surface area contributed by atoms with Crippen molar-refractivity contribution < 1.29 is 4.79 Å². The molecule has 1 aliphatic rings. The lowest BCUT2D eigenvalue weighted by Crippen LogP contribution is -2.26. The second-order valence-corrected chi connectivity index (χ2v) is 5.23. The van der Waals surface area contributed by atoms with Crippen molar-refractivity contribution in [3.05, 3.63) is 31.9 Å². The van der Waals surface area contributed by atoms with Gasteiger partial charge in [0.2, 0.25) is 5.91 Å². The first kappa shape index (κ1) is 11.9. The monoisotopic (exact) mass is 348 g/mol. The maximum atomic E-state index is 11.0. The Morgan fingerprint density at radius 3 is 2.75 bits per heavy atom. The zero-order valence-corrected chi connectivity index (χ0v) is 11.6. The Labute approximate surface area is 112 Å². The molecule has 1 aromatic rings. The van der Waals surface area contributed by atoms with Crippen LogP contribution in [0.25, 0.3) is 0 Å². The number of hydrogen-bond donors (Lipinski definition) is 1. The molecule has 0 saturated heterocycles. The maximum Gasteiger partial charge on any atom is 0.240 e. The molecule has 1 N–H and O–H groups in total. The highest BCUT2D eigenvalue weighted by atomic mass is 127. The van der Waals surface area contributed by atoms with Gasteiger partial charge in [0.1, 0.15) is 0 Å². The highest BCUT2D eigenvalue weighted by molar-refractivity contribution is 14.1. The van der Waals surface area contributed by atoms with Gasteiger partial charge in [-0.1, -0.05) is 11.6 Å². The average molecular weight is 349 g/mol. The summed E-state index contributed by atoms with van der Waals surface area (Å²) in [5, 5.41) is 4.79. The SMILES string of the molecule is Cc1c(Cl)cc(C2=NNC(=O)CC2)cc1I. The summed E-state index contributed by atoms with van der Waals surface area (Å²) in [6, 6.07) is 3.94. The van der Waals surface area contributed by atoms with Crippen LogP contribution < -0.4 is 5.43 Å². The summed E-state index contributed by atoms with van der Waals surface area (Å²) in [6.45, 7) is 1.98. The van der Waals surface area contributed by atoms with Gasteiger partial charge < -0.3 is 0 Å². The van der Waals surface area contributed by atoms with E-state index in [1.165, 1.54) is 0 Å². The standard InChI is InChI=1S/C11H10ClIN2O/c1-6-8(12)4-7(5-9(6)13)10-2-3-11(16)15-14-10/h4-5H,2-3H2,1H3,(H,15,16). The Hall–Kier alpha value is -0.620. The molecule has 0 bridgehead atoms. The highest BCUT2D eigenvalue weighted by Gasteiger charge is 2.14. The van der Waals surface area contributed by atoms with Crippen LogP contribution in [-0.4, -0.2) is 11.6 Å². The summed E-state index contributed by atoms with van der Waals surface area (Å²) >= 11 is 8.37. The molecule has 0 radical (unpaired) electrons. The van der Waals surface area contributed by atoms with Crippen LogP contribution in [0.15, 0.2) is 17.2 Å². The predicted octanol–water partition coefficient (Wildman–Crippen LogP) is 2.87. The number of rotatable bonds is 1. The van der Waals surface area contributed by atoms with Crippen molar-refractivity contribution in [3.8, 4) is 0 Å². The molecule has 0 fully saturated rings. The van der Waals surface area contributed by atoms with Crippen LogP contribution in [0, 0.1) is 10.5 Å². The fraction of sp³-hybridized carbons (Fsp3) is 0.273. The Morgan fingerprint density at radius 2 is 2.19 bits per heavy atom. The lowest BCUT2D eigenvalue weighted by Gasteiger charge is -2.13. The van der Waals surface area contributed by atoms with Crippen molar-refractivity contribution in [2.45, 2.75) is 19.8 Å². The van der Waals surface area contributed by atoms with Crippen LogP contribution in [0.5, 0.6) is 0 Å². The minimum absolute atomic E-state index is 0.0309. The van der Waals surface area contributed by atoms with E-state index in [1.54, 1.807) is 0 Å². The zero-order valence-electron chi connectivity index (χ0n) is 8.68. The van der Waals surface area contributed by atoms with E-state index in [1.807, 2.05) is 19.1 Å². The third-order valence-electron chi connectivity index (χ3n) is 2.52. The average Bonchev–Trinajstić information content (AvgIpc) is 2.26. The zero-order chi connectivity index (χ0) is 11.7. The molecule has 0 spiro atoms. The van der Waals surface area contributed by atoms with Crippen molar-refractivity contribution in [1.29, 1.82) is 0 Å². The van der Waals surface area contributed by atoms with Gasteiger partial charge in [0, 0.05) is 27.0 Å². The summed E-state index contributed by atoms with van der Waals surface area (Å²) in [5.41, 5.74) is 5.44. The summed E-state index contributed by atoms with van der Waals surface area (Å²) in [5.74, 6) is -0.0309. The van der Waals surface area contributed by atoms with Gasteiger partial charge in [-0.05, 0) is 47.2 Å². The molecule has 0 atom stereocenters. The number of hydrazone groups is 1. The molecular formula is C11H10ClIN2O. The van der Waals surface area contributed by atoms with Crippen LogP contribution in [0.3, 0.4) is 0 Å². The Morgan fingerprint density at radius 1 is 1.44 bits per heavy atom. The first-order valence-corrected chi connectivity index (χ1v) is 6.35. The smallest absolute Gasteiger partial charge is 0.240 e. The Kier molecular flexibility index (Phi) is 3.49. The molecule has 0 saturated carbocycles. The number of benzene rings is 1. The highest BCUT2D eigenvalue weighted by Crippen LogP contribution is 2.24. The molecule has 0 aliphatic carbocycles. The molecule has 1 amide bonds. The van der Waals surface area contributed by atoms with Gasteiger partial charge >= 0.3 is 0 Å². The van der Waals surface area contributed by atoms with E-state index < -0.39 is 0 Å². The fourth-order valence-electron chi connectivity index (χ4n) is 1.49. The quantitative estimate of drug-likeness (QED) is 0.779. The number of carbonyl (C=O) groups excluding carboxylic acids is 1. The number of nitrogens with zero attached hydrogens (tertiary/aromatic N) is 1. The summed E-state index contributed by atoms with van der Waals surface area (Å²) < 4.78 is 1.11. The van der Waals surface area contributed by atoms with E-state index in [4.69, 9.17) is 11.6 Å². The Bertz CT molecular complexity index is 462. The molecule has 3 nitrogen and oxygen atoms in total. The molecule has 0 aromatic heterocycles. The number of carbonyl (C=O) groups is 1. The van der Waals surface area contributed by atoms with Crippen molar-refractivity contribution >= 4 is 45.8 Å². The molecule has 2 rings (SSSR count). The van der Waals surface area contributed by atoms with Crippen LogP contribution >= 0.6 is 34.2 Å². The van der Waals surface area contributed by atoms with E-state index in [-0.39, 0.29) is 5.91 Å². The van der Waals surface area contributed by atoms with Crippen LogP contribution in [-0.2, 0) is 4.79 Å². The van der Waals surface area contributed by atoms with Gasteiger partial charge in [-0.2, -0.15) is 5.10 Å². The van der Waals surface area contributed by atoms with Gasteiger partial charge in [-0.15, -0.1) is 0 Å². The minimum Gasteiger partial charge on any atom is -0.273 e. The molecular weight excluding hydrogens is 338 g/mol. The fourth-order valence-corrected chi connectivity index (χ4v) is 2.50. The van der Waals surface area contributed by atoms with E-state index in [0.717, 1.165) is 25.4 Å². The molecule has 1 aliphatic heterocycles. The summed E-state index contributed by atoms with van der Waals surface area (Å²) in [4.78, 5) is 11.0. The van der Waals surface area contributed by atoms with E-state index in [0.29, 0.717) is 12.8 Å². The number of amides is 1. The van der Waals surface area contributed by atoms with E-state index >= 15 is 0 Å². The third kappa shape index (κ3) is 2.38. The lowest BCUT2D eigenvalue weighted by molar-refractivity contribution is -0.121. The second kappa shape index (κ2) is 4.71. The predicted molar refractivity (Wildman–Crippen MR) is 72.8 cm³/mol. The lowest BCUT2D eigenvalue weighted by atomic mass is 10.0. The van der Waals surface area contributed by atoms with Gasteiger partial charge in [-0.3, -0.25) is 4.79 Å². The van der Waals surface area contributed by atoms with Crippen LogP contribution in [0.4, 0.5) is 0 Å². The summed E-state index contributed by atoms with van der Waals surface area (Å²) in [6.07, 6.45) is 1.15. The molecule has 1 heterocycles. The topological polar surface area (TPSA) is 41.5 Å². The second-order valence-electron chi connectivity index (χ2n) is 3.66.